The number of nitrogens with zero attached hydrogens (tertiary/aromatic N) is 1. The minimum absolute atomic E-state index is 0.341. The van der Waals surface area contributed by atoms with Crippen LogP contribution in [0.2, 0.25) is 0 Å². The lowest BCUT2D eigenvalue weighted by atomic mass is 10.2. The van der Waals surface area contributed by atoms with Crippen LogP contribution in [0.3, 0.4) is 0 Å². The number of nitrogens with one attached hydrogen (secondary N) is 1. The van der Waals surface area contributed by atoms with Crippen molar-refractivity contribution >= 4 is 5.69 Å². The molecular formula is C27H29F3N2O2. The minimum atomic E-state index is -4.37. The summed E-state index contributed by atoms with van der Waals surface area (Å²) in [6.45, 7) is 4.79. The molecule has 180 valence electrons. The number of anilines is 1. The maximum Gasteiger partial charge on any atom is 0.416 e. The first-order valence-corrected chi connectivity index (χ1v) is 11.6. The Hall–Kier alpha value is -3.19. The molecule has 3 aromatic carbocycles. The Bertz CT molecular complexity index is 1030. The Morgan fingerprint density at radius 3 is 2.21 bits per heavy atom. The van der Waals surface area contributed by atoms with Gasteiger partial charge in [-0.2, -0.15) is 13.2 Å². The van der Waals surface area contributed by atoms with Crippen LogP contribution in [0.5, 0.6) is 17.2 Å². The quantitative estimate of drug-likeness (QED) is 0.324. The molecule has 0 atom stereocenters. The number of alkyl halides is 3. The average Bonchev–Trinajstić information content (AvgIpc) is 3.35. The lowest BCUT2D eigenvalue weighted by Gasteiger charge is -2.15. The van der Waals surface area contributed by atoms with Crippen molar-refractivity contribution in [2.45, 2.75) is 32.0 Å². The number of para-hydroxylation sites is 2. The number of benzene rings is 3. The van der Waals surface area contributed by atoms with Gasteiger partial charge in [-0.3, -0.25) is 0 Å². The number of ether oxygens (including phenoxy) is 2. The van der Waals surface area contributed by atoms with Gasteiger partial charge in [0.1, 0.15) is 11.5 Å². The fraction of sp³-hybridized carbons (Fsp3) is 0.333. The van der Waals surface area contributed by atoms with Crippen molar-refractivity contribution in [1.29, 1.82) is 0 Å². The Labute approximate surface area is 198 Å². The summed E-state index contributed by atoms with van der Waals surface area (Å²) in [7, 11) is 0. The first-order chi connectivity index (χ1) is 16.5. The summed E-state index contributed by atoms with van der Waals surface area (Å²) in [6, 6.07) is 20.0. The van der Waals surface area contributed by atoms with E-state index in [1.54, 1.807) is 6.07 Å². The summed E-state index contributed by atoms with van der Waals surface area (Å²) in [5.41, 5.74) is 1.13. The van der Waals surface area contributed by atoms with Crippen molar-refractivity contribution in [1.82, 2.24) is 4.90 Å². The van der Waals surface area contributed by atoms with E-state index in [0.717, 1.165) is 42.1 Å². The van der Waals surface area contributed by atoms with Gasteiger partial charge >= 0.3 is 6.18 Å². The predicted molar refractivity (Wildman–Crippen MR) is 128 cm³/mol. The van der Waals surface area contributed by atoms with Crippen molar-refractivity contribution in [2.75, 3.05) is 31.6 Å². The first-order valence-electron chi connectivity index (χ1n) is 11.6. The van der Waals surface area contributed by atoms with Gasteiger partial charge in [-0.25, -0.2) is 0 Å². The van der Waals surface area contributed by atoms with E-state index in [9.17, 15) is 13.2 Å². The van der Waals surface area contributed by atoms with Gasteiger partial charge in [0, 0.05) is 13.1 Å². The highest BCUT2D eigenvalue weighted by Gasteiger charge is 2.30. The van der Waals surface area contributed by atoms with Crippen LogP contribution in [0, 0.1) is 0 Å². The summed E-state index contributed by atoms with van der Waals surface area (Å²) in [5, 5.41) is 3.34. The van der Waals surface area contributed by atoms with Crippen LogP contribution in [-0.4, -0.2) is 31.1 Å². The molecule has 1 aliphatic rings. The van der Waals surface area contributed by atoms with E-state index in [2.05, 4.69) is 10.2 Å². The molecule has 34 heavy (non-hydrogen) atoms. The van der Waals surface area contributed by atoms with Crippen molar-refractivity contribution in [3.05, 3.63) is 83.9 Å². The number of likely N-dealkylation sites (tertiary alicyclic amines) is 1. The van der Waals surface area contributed by atoms with E-state index in [4.69, 9.17) is 9.47 Å². The van der Waals surface area contributed by atoms with E-state index in [1.807, 2.05) is 42.5 Å². The molecule has 0 unspecified atom stereocenters. The number of hydrogen-bond donors (Lipinski definition) is 1. The zero-order valence-corrected chi connectivity index (χ0v) is 19.0. The average molecular weight is 471 g/mol. The highest BCUT2D eigenvalue weighted by atomic mass is 19.4. The monoisotopic (exact) mass is 470 g/mol. The van der Waals surface area contributed by atoms with Crippen molar-refractivity contribution in [3.63, 3.8) is 0 Å². The molecule has 0 amide bonds. The summed E-state index contributed by atoms with van der Waals surface area (Å²) < 4.78 is 50.0. The summed E-state index contributed by atoms with van der Waals surface area (Å²) in [6.07, 6.45) is -0.727. The van der Waals surface area contributed by atoms with Gasteiger partial charge in [-0.05, 0) is 86.4 Å². The Kier molecular flexibility index (Phi) is 7.95. The second-order valence-corrected chi connectivity index (χ2v) is 8.37. The Balaban J connectivity index is 1.27. The van der Waals surface area contributed by atoms with E-state index in [1.165, 1.54) is 38.1 Å². The highest BCUT2D eigenvalue weighted by Crippen LogP contribution is 2.33. The molecule has 4 rings (SSSR count). The van der Waals surface area contributed by atoms with E-state index >= 15 is 0 Å². The first kappa shape index (κ1) is 24.0. The molecule has 0 bridgehead atoms. The summed E-state index contributed by atoms with van der Waals surface area (Å²) >= 11 is 0. The van der Waals surface area contributed by atoms with Gasteiger partial charge in [-0.15, -0.1) is 0 Å². The lowest BCUT2D eigenvalue weighted by Crippen LogP contribution is -2.21. The molecule has 3 aromatic rings. The summed E-state index contributed by atoms with van der Waals surface area (Å²) in [5.74, 6) is 1.74. The van der Waals surface area contributed by atoms with Crippen LogP contribution < -0.4 is 14.8 Å². The van der Waals surface area contributed by atoms with Crippen LogP contribution in [-0.2, 0) is 12.7 Å². The largest absolute Gasteiger partial charge is 0.494 e. The van der Waals surface area contributed by atoms with Crippen molar-refractivity contribution in [3.8, 4) is 17.2 Å². The molecule has 0 spiro atoms. The van der Waals surface area contributed by atoms with E-state index in [0.29, 0.717) is 24.7 Å². The van der Waals surface area contributed by atoms with Gasteiger partial charge in [0.15, 0.2) is 5.75 Å². The fourth-order valence-electron chi connectivity index (χ4n) is 3.93. The normalized spacial score (nSPS) is 14.2. The van der Waals surface area contributed by atoms with Gasteiger partial charge in [0.2, 0.25) is 0 Å². The molecule has 4 nitrogen and oxygen atoms in total. The molecule has 7 heteroatoms. The molecule has 1 heterocycles. The van der Waals surface area contributed by atoms with Crippen LogP contribution in [0.1, 0.15) is 30.4 Å². The van der Waals surface area contributed by atoms with Gasteiger partial charge in [0.05, 0.1) is 17.9 Å². The molecule has 0 saturated carbocycles. The molecule has 1 saturated heterocycles. The topological polar surface area (TPSA) is 33.7 Å². The summed E-state index contributed by atoms with van der Waals surface area (Å²) in [4.78, 5) is 2.48. The Morgan fingerprint density at radius 1 is 0.824 bits per heavy atom. The molecule has 1 fully saturated rings. The SMILES string of the molecule is FC(F)(F)c1ccc(Oc2ccccc2NCc2ccc(OCCCN3CCCC3)cc2)cc1. The zero-order chi connectivity index (χ0) is 23.8. The molecule has 0 aromatic heterocycles. The second kappa shape index (κ2) is 11.3. The third-order valence-corrected chi connectivity index (χ3v) is 5.79. The van der Waals surface area contributed by atoms with Crippen LogP contribution in [0.25, 0.3) is 0 Å². The van der Waals surface area contributed by atoms with Crippen LogP contribution in [0.4, 0.5) is 18.9 Å². The van der Waals surface area contributed by atoms with Gasteiger partial charge < -0.3 is 19.7 Å². The number of rotatable bonds is 10. The van der Waals surface area contributed by atoms with Gasteiger partial charge in [0.25, 0.3) is 0 Å². The van der Waals surface area contributed by atoms with Crippen molar-refractivity contribution in [2.24, 2.45) is 0 Å². The maximum atomic E-state index is 12.8. The second-order valence-electron chi connectivity index (χ2n) is 8.37. The third kappa shape index (κ3) is 6.90. The standard InChI is InChI=1S/C27H29F3N2O2/c28-27(29,30)22-10-14-24(15-11-22)34-26-7-2-1-6-25(26)31-20-21-8-12-23(13-9-21)33-19-5-18-32-16-3-4-17-32/h1-2,6-15,31H,3-5,16-20H2. The molecule has 1 aliphatic heterocycles. The molecular weight excluding hydrogens is 441 g/mol. The van der Waals surface area contributed by atoms with Gasteiger partial charge in [-0.1, -0.05) is 24.3 Å². The number of hydrogen-bond acceptors (Lipinski definition) is 4. The fourth-order valence-corrected chi connectivity index (χ4v) is 3.93. The smallest absolute Gasteiger partial charge is 0.416 e. The van der Waals surface area contributed by atoms with E-state index < -0.39 is 11.7 Å². The third-order valence-electron chi connectivity index (χ3n) is 5.79. The van der Waals surface area contributed by atoms with Crippen LogP contribution >= 0.6 is 0 Å². The highest BCUT2D eigenvalue weighted by molar-refractivity contribution is 5.57. The van der Waals surface area contributed by atoms with E-state index in [-0.39, 0.29) is 0 Å². The molecule has 1 N–H and O–H groups in total. The molecule has 0 aliphatic carbocycles. The Morgan fingerprint density at radius 2 is 1.50 bits per heavy atom. The van der Waals surface area contributed by atoms with Crippen LogP contribution in [0.15, 0.2) is 72.8 Å². The predicted octanol–water partition coefficient (Wildman–Crippen LogP) is 6.97. The zero-order valence-electron chi connectivity index (χ0n) is 19.0. The van der Waals surface area contributed by atoms with Crippen molar-refractivity contribution < 1.29 is 22.6 Å². The maximum absolute atomic E-state index is 12.8. The molecule has 0 radical (unpaired) electrons. The minimum Gasteiger partial charge on any atom is -0.494 e. The number of halogens is 3. The lowest BCUT2D eigenvalue weighted by molar-refractivity contribution is -0.137.